The molecule has 3 N–H and O–H groups in total. The molecule has 1 aromatic carbocycles. The third-order valence-corrected chi connectivity index (χ3v) is 6.14. The van der Waals surface area contributed by atoms with Crippen LogP contribution < -0.4 is 11.1 Å². The summed E-state index contributed by atoms with van der Waals surface area (Å²) in [6.07, 6.45) is 8.40. The van der Waals surface area contributed by atoms with Crippen LogP contribution in [0, 0.1) is 0 Å². The van der Waals surface area contributed by atoms with Crippen molar-refractivity contribution in [3.63, 3.8) is 0 Å². The van der Waals surface area contributed by atoms with E-state index in [-0.39, 0.29) is 10.7 Å². The van der Waals surface area contributed by atoms with Crippen LogP contribution in [0.25, 0.3) is 0 Å². The van der Waals surface area contributed by atoms with E-state index in [1.54, 1.807) is 18.2 Å². The van der Waals surface area contributed by atoms with Crippen molar-refractivity contribution in [2.75, 3.05) is 18.5 Å². The predicted octanol–water partition coefficient (Wildman–Crippen LogP) is 3.83. The normalized spacial score (nSPS) is 17.7. The lowest BCUT2D eigenvalue weighted by molar-refractivity contribution is 0.0947. The van der Waals surface area contributed by atoms with Gasteiger partial charge in [-0.05, 0) is 53.2 Å². The highest BCUT2D eigenvalue weighted by molar-refractivity contribution is 9.10. The largest absolute Gasteiger partial charge is 0.398 e. The summed E-state index contributed by atoms with van der Waals surface area (Å²) in [5, 5.41) is 3.09. The van der Waals surface area contributed by atoms with Crippen molar-refractivity contribution in [3.05, 3.63) is 28.2 Å². The van der Waals surface area contributed by atoms with Crippen LogP contribution in [0.4, 0.5) is 5.69 Å². The maximum Gasteiger partial charge on any atom is 0.251 e. The van der Waals surface area contributed by atoms with Crippen LogP contribution in [0.3, 0.4) is 0 Å². The van der Waals surface area contributed by atoms with E-state index in [0.717, 1.165) is 11.0 Å². The number of hydrogen-bond acceptors (Lipinski definition) is 3. The van der Waals surface area contributed by atoms with Gasteiger partial charge in [-0.3, -0.25) is 4.79 Å². The van der Waals surface area contributed by atoms with Gasteiger partial charge in [-0.15, -0.1) is 0 Å². The van der Waals surface area contributed by atoms with Gasteiger partial charge in [0.1, 0.15) is 0 Å². The molecule has 2 rings (SSSR count). The Morgan fingerprint density at radius 2 is 2.10 bits per heavy atom. The lowest BCUT2D eigenvalue weighted by Gasteiger charge is -2.35. The van der Waals surface area contributed by atoms with Gasteiger partial charge in [0.25, 0.3) is 5.91 Å². The number of rotatable bonds is 4. The van der Waals surface area contributed by atoms with E-state index in [0.29, 0.717) is 11.3 Å². The Bertz CT molecular complexity index is 487. The number of anilines is 1. The van der Waals surface area contributed by atoms with Crippen LogP contribution in [0.5, 0.6) is 0 Å². The number of thioether (sulfide) groups is 1. The van der Waals surface area contributed by atoms with Crippen molar-refractivity contribution in [1.29, 1.82) is 0 Å². The highest BCUT2D eigenvalue weighted by Crippen LogP contribution is 2.38. The zero-order valence-corrected chi connectivity index (χ0v) is 14.1. The molecule has 0 heterocycles. The van der Waals surface area contributed by atoms with Crippen LogP contribution in [-0.2, 0) is 0 Å². The average Bonchev–Trinajstić information content (AvgIpc) is 2.48. The van der Waals surface area contributed by atoms with Crippen molar-refractivity contribution >= 4 is 39.3 Å². The third-order valence-electron chi connectivity index (χ3n) is 4.03. The topological polar surface area (TPSA) is 55.1 Å². The van der Waals surface area contributed by atoms with Gasteiger partial charge in [-0.25, -0.2) is 0 Å². The number of hydrogen-bond donors (Lipinski definition) is 2. The van der Waals surface area contributed by atoms with Crippen LogP contribution in [0.15, 0.2) is 22.7 Å². The standard InChI is InChI=1S/C15H21BrN2OS/c1-20-15(7-3-2-4-8-15)10-18-14(19)11-5-6-13(17)12(16)9-11/h5-6,9H,2-4,7-8,10,17H2,1H3,(H,18,19). The van der Waals surface area contributed by atoms with Crippen molar-refractivity contribution in [2.24, 2.45) is 0 Å². The molecule has 0 aromatic heterocycles. The summed E-state index contributed by atoms with van der Waals surface area (Å²) < 4.78 is 0.987. The van der Waals surface area contributed by atoms with E-state index in [1.807, 2.05) is 11.8 Å². The number of carbonyl (C=O) groups is 1. The predicted molar refractivity (Wildman–Crippen MR) is 90.2 cm³/mol. The van der Waals surface area contributed by atoms with E-state index in [2.05, 4.69) is 27.5 Å². The summed E-state index contributed by atoms with van der Waals surface area (Å²) in [5.74, 6) is -0.0234. The summed E-state index contributed by atoms with van der Waals surface area (Å²) in [7, 11) is 0. The van der Waals surface area contributed by atoms with Gasteiger partial charge < -0.3 is 11.1 Å². The zero-order valence-electron chi connectivity index (χ0n) is 11.7. The second-order valence-electron chi connectivity index (χ2n) is 5.37. The van der Waals surface area contributed by atoms with Crippen molar-refractivity contribution < 1.29 is 4.79 Å². The van der Waals surface area contributed by atoms with E-state index in [4.69, 9.17) is 5.73 Å². The average molecular weight is 357 g/mol. The van der Waals surface area contributed by atoms with Crippen molar-refractivity contribution in [3.8, 4) is 0 Å². The summed E-state index contributed by atoms with van der Waals surface area (Å²) in [5.41, 5.74) is 7.04. The smallest absolute Gasteiger partial charge is 0.251 e. The second-order valence-corrected chi connectivity index (χ2v) is 7.50. The molecule has 0 atom stereocenters. The van der Waals surface area contributed by atoms with Crippen molar-refractivity contribution in [1.82, 2.24) is 5.32 Å². The van der Waals surface area contributed by atoms with Gasteiger partial charge in [-0.1, -0.05) is 19.3 Å². The van der Waals surface area contributed by atoms with Gasteiger partial charge >= 0.3 is 0 Å². The van der Waals surface area contributed by atoms with Crippen LogP contribution in [-0.4, -0.2) is 23.5 Å². The number of amides is 1. The highest BCUT2D eigenvalue weighted by Gasteiger charge is 2.31. The number of nitrogens with two attached hydrogens (primary N) is 1. The number of nitrogens with one attached hydrogen (secondary N) is 1. The zero-order chi connectivity index (χ0) is 14.6. The summed E-state index contributed by atoms with van der Waals surface area (Å²) in [6, 6.07) is 5.29. The second kappa shape index (κ2) is 6.85. The van der Waals surface area contributed by atoms with Gasteiger partial charge in [-0.2, -0.15) is 11.8 Å². The maximum atomic E-state index is 12.2. The fourth-order valence-corrected chi connectivity index (χ4v) is 3.95. The Morgan fingerprint density at radius 3 is 2.70 bits per heavy atom. The summed E-state index contributed by atoms with van der Waals surface area (Å²) in [6.45, 7) is 0.745. The molecular weight excluding hydrogens is 336 g/mol. The minimum atomic E-state index is -0.0234. The molecule has 0 aliphatic heterocycles. The Balaban J connectivity index is 1.98. The first-order valence-corrected chi connectivity index (χ1v) is 8.96. The van der Waals surface area contributed by atoms with Gasteiger partial charge in [0.05, 0.1) is 0 Å². The molecule has 1 aliphatic rings. The molecule has 1 amide bonds. The number of nitrogen functional groups attached to an aromatic ring is 1. The van der Waals surface area contributed by atoms with E-state index in [1.165, 1.54) is 32.1 Å². The minimum Gasteiger partial charge on any atom is -0.398 e. The minimum absolute atomic E-state index is 0.0234. The molecule has 1 saturated carbocycles. The van der Waals surface area contributed by atoms with Crippen LogP contribution in [0.2, 0.25) is 0 Å². The Hall–Kier alpha value is -0.680. The molecule has 1 aliphatic carbocycles. The molecule has 0 radical (unpaired) electrons. The maximum absolute atomic E-state index is 12.2. The first-order valence-electron chi connectivity index (χ1n) is 6.95. The molecule has 5 heteroatoms. The highest BCUT2D eigenvalue weighted by atomic mass is 79.9. The molecule has 0 unspecified atom stereocenters. The van der Waals surface area contributed by atoms with E-state index < -0.39 is 0 Å². The first-order chi connectivity index (χ1) is 9.56. The summed E-state index contributed by atoms with van der Waals surface area (Å²) in [4.78, 5) is 12.2. The van der Waals surface area contributed by atoms with Gasteiger partial charge in [0.2, 0.25) is 0 Å². The molecule has 1 aromatic rings. The summed E-state index contributed by atoms with van der Waals surface area (Å²) >= 11 is 5.25. The van der Waals surface area contributed by atoms with E-state index in [9.17, 15) is 4.79 Å². The molecule has 0 saturated heterocycles. The van der Waals surface area contributed by atoms with Crippen LogP contribution >= 0.6 is 27.7 Å². The SMILES string of the molecule is CSC1(CNC(=O)c2ccc(N)c(Br)c2)CCCCC1. The number of benzene rings is 1. The van der Waals surface area contributed by atoms with E-state index >= 15 is 0 Å². The van der Waals surface area contributed by atoms with Crippen molar-refractivity contribution in [2.45, 2.75) is 36.9 Å². The Labute approximate surface area is 133 Å². The first kappa shape index (κ1) is 15.7. The molecule has 0 bridgehead atoms. The number of halogens is 1. The van der Waals surface area contributed by atoms with Gasteiger partial charge in [0.15, 0.2) is 0 Å². The lowest BCUT2D eigenvalue weighted by atomic mass is 9.88. The molecule has 3 nitrogen and oxygen atoms in total. The van der Waals surface area contributed by atoms with Crippen LogP contribution in [0.1, 0.15) is 42.5 Å². The van der Waals surface area contributed by atoms with Gasteiger partial charge in [0, 0.05) is 27.0 Å². The quantitative estimate of drug-likeness (QED) is 0.806. The molecule has 20 heavy (non-hydrogen) atoms. The Morgan fingerprint density at radius 1 is 1.40 bits per heavy atom. The third kappa shape index (κ3) is 3.70. The number of carbonyl (C=O) groups excluding carboxylic acids is 1. The lowest BCUT2D eigenvalue weighted by Crippen LogP contribution is -2.41. The Kier molecular flexibility index (Phi) is 5.38. The monoisotopic (exact) mass is 356 g/mol. The molecule has 110 valence electrons. The molecule has 0 spiro atoms. The fraction of sp³-hybridized carbons (Fsp3) is 0.533. The molecule has 1 fully saturated rings. The fourth-order valence-electron chi connectivity index (χ4n) is 2.66. The molecular formula is C15H21BrN2OS.